The van der Waals surface area contributed by atoms with E-state index in [9.17, 15) is 4.79 Å². The number of anilines is 1. The van der Waals surface area contributed by atoms with Crippen LogP contribution in [-0.2, 0) is 0 Å². The number of halogens is 1. The van der Waals surface area contributed by atoms with Crippen LogP contribution in [0.3, 0.4) is 0 Å². The highest BCUT2D eigenvalue weighted by Gasteiger charge is 2.06. The monoisotopic (exact) mass is 289 g/mol. The van der Waals surface area contributed by atoms with Crippen molar-refractivity contribution in [3.8, 4) is 5.75 Å². The Kier molecular flexibility index (Phi) is 4.64. The predicted octanol–water partition coefficient (Wildman–Crippen LogP) is 4.38. The SMILES string of the molecule is CC(C)Oc1ccc(NC(=O)c2ccc(Cl)cc2)cc1. The van der Waals surface area contributed by atoms with Crippen LogP contribution in [0.2, 0.25) is 5.02 Å². The van der Waals surface area contributed by atoms with Gasteiger partial charge in [0, 0.05) is 16.3 Å². The fourth-order valence-corrected chi connectivity index (χ4v) is 1.82. The van der Waals surface area contributed by atoms with Crippen LogP contribution in [0.1, 0.15) is 24.2 Å². The summed E-state index contributed by atoms with van der Waals surface area (Å²) in [6, 6.07) is 14.0. The van der Waals surface area contributed by atoms with Crippen molar-refractivity contribution in [3.63, 3.8) is 0 Å². The number of carbonyl (C=O) groups excluding carboxylic acids is 1. The Labute approximate surface area is 123 Å². The van der Waals surface area contributed by atoms with Crippen molar-refractivity contribution < 1.29 is 9.53 Å². The zero-order valence-electron chi connectivity index (χ0n) is 11.4. The number of rotatable bonds is 4. The van der Waals surface area contributed by atoms with E-state index < -0.39 is 0 Å². The number of nitrogens with one attached hydrogen (secondary N) is 1. The molecule has 0 aromatic heterocycles. The molecule has 0 radical (unpaired) electrons. The summed E-state index contributed by atoms with van der Waals surface area (Å²) in [5, 5.41) is 3.43. The topological polar surface area (TPSA) is 38.3 Å². The minimum absolute atomic E-state index is 0.129. The van der Waals surface area contributed by atoms with E-state index in [4.69, 9.17) is 16.3 Å². The highest BCUT2D eigenvalue weighted by molar-refractivity contribution is 6.30. The van der Waals surface area contributed by atoms with Gasteiger partial charge in [0.25, 0.3) is 5.91 Å². The molecule has 1 amide bonds. The van der Waals surface area contributed by atoms with Crippen LogP contribution in [0, 0.1) is 0 Å². The van der Waals surface area contributed by atoms with Gasteiger partial charge in [0.2, 0.25) is 0 Å². The van der Waals surface area contributed by atoms with Crippen LogP contribution in [0.25, 0.3) is 0 Å². The molecular formula is C16H16ClNO2. The van der Waals surface area contributed by atoms with Gasteiger partial charge in [-0.25, -0.2) is 0 Å². The number of hydrogen-bond acceptors (Lipinski definition) is 2. The maximum Gasteiger partial charge on any atom is 0.255 e. The van der Waals surface area contributed by atoms with Gasteiger partial charge in [-0.15, -0.1) is 0 Å². The molecule has 0 heterocycles. The molecule has 0 spiro atoms. The molecule has 0 aliphatic rings. The molecule has 0 fully saturated rings. The Bertz CT molecular complexity index is 576. The minimum Gasteiger partial charge on any atom is -0.491 e. The zero-order valence-corrected chi connectivity index (χ0v) is 12.1. The smallest absolute Gasteiger partial charge is 0.255 e. The molecule has 0 unspecified atom stereocenters. The Morgan fingerprint density at radius 3 is 2.20 bits per heavy atom. The Morgan fingerprint density at radius 2 is 1.65 bits per heavy atom. The van der Waals surface area contributed by atoms with Gasteiger partial charge in [0.15, 0.2) is 0 Å². The summed E-state index contributed by atoms with van der Waals surface area (Å²) in [5.41, 5.74) is 1.29. The molecule has 2 aromatic rings. The normalized spacial score (nSPS) is 10.4. The number of carbonyl (C=O) groups is 1. The van der Waals surface area contributed by atoms with Crippen LogP contribution in [0.5, 0.6) is 5.75 Å². The largest absolute Gasteiger partial charge is 0.491 e. The fourth-order valence-electron chi connectivity index (χ4n) is 1.69. The van der Waals surface area contributed by atoms with Crippen molar-refractivity contribution in [2.24, 2.45) is 0 Å². The first-order chi connectivity index (χ1) is 9.54. The molecule has 20 heavy (non-hydrogen) atoms. The molecule has 0 aliphatic heterocycles. The number of ether oxygens (including phenoxy) is 1. The van der Waals surface area contributed by atoms with E-state index in [0.29, 0.717) is 10.6 Å². The lowest BCUT2D eigenvalue weighted by molar-refractivity contribution is 0.102. The lowest BCUT2D eigenvalue weighted by atomic mass is 10.2. The number of benzene rings is 2. The van der Waals surface area contributed by atoms with E-state index in [0.717, 1.165) is 11.4 Å². The van der Waals surface area contributed by atoms with Gasteiger partial charge in [-0.2, -0.15) is 0 Å². The molecule has 1 N–H and O–H groups in total. The minimum atomic E-state index is -0.167. The van der Waals surface area contributed by atoms with Crippen molar-refractivity contribution in [1.29, 1.82) is 0 Å². The molecule has 2 aromatic carbocycles. The standard InChI is InChI=1S/C16H16ClNO2/c1-11(2)20-15-9-7-14(8-10-15)18-16(19)12-3-5-13(17)6-4-12/h3-11H,1-2H3,(H,18,19). The van der Waals surface area contributed by atoms with Crippen molar-refractivity contribution >= 4 is 23.2 Å². The summed E-state index contributed by atoms with van der Waals surface area (Å²) in [7, 11) is 0. The van der Waals surface area contributed by atoms with Crippen molar-refractivity contribution in [1.82, 2.24) is 0 Å². The van der Waals surface area contributed by atoms with Gasteiger partial charge >= 0.3 is 0 Å². The molecule has 4 heteroatoms. The van der Waals surface area contributed by atoms with E-state index in [2.05, 4.69) is 5.32 Å². The molecule has 0 saturated carbocycles. The van der Waals surface area contributed by atoms with Gasteiger partial charge < -0.3 is 10.1 Å². The zero-order chi connectivity index (χ0) is 14.5. The third-order valence-electron chi connectivity index (χ3n) is 2.59. The van der Waals surface area contributed by atoms with E-state index >= 15 is 0 Å². The van der Waals surface area contributed by atoms with Gasteiger partial charge in [0.1, 0.15) is 5.75 Å². The maximum atomic E-state index is 12.0. The predicted molar refractivity (Wildman–Crippen MR) is 81.6 cm³/mol. The van der Waals surface area contributed by atoms with Crippen LogP contribution in [0.15, 0.2) is 48.5 Å². The first-order valence-electron chi connectivity index (χ1n) is 6.38. The third-order valence-corrected chi connectivity index (χ3v) is 2.84. The van der Waals surface area contributed by atoms with Gasteiger partial charge in [-0.3, -0.25) is 4.79 Å². The summed E-state index contributed by atoms with van der Waals surface area (Å²) in [6.45, 7) is 3.94. The van der Waals surface area contributed by atoms with Crippen molar-refractivity contribution in [2.75, 3.05) is 5.32 Å². The Hall–Kier alpha value is -2.00. The second kappa shape index (κ2) is 6.44. The highest BCUT2D eigenvalue weighted by Crippen LogP contribution is 2.18. The van der Waals surface area contributed by atoms with Crippen LogP contribution in [0.4, 0.5) is 5.69 Å². The molecule has 3 nitrogen and oxygen atoms in total. The van der Waals surface area contributed by atoms with Crippen molar-refractivity contribution in [2.45, 2.75) is 20.0 Å². The Balaban J connectivity index is 2.02. The quantitative estimate of drug-likeness (QED) is 0.907. The molecule has 0 atom stereocenters. The summed E-state index contributed by atoms with van der Waals surface area (Å²) in [4.78, 5) is 12.0. The van der Waals surface area contributed by atoms with E-state index in [1.54, 1.807) is 24.3 Å². The van der Waals surface area contributed by atoms with E-state index in [-0.39, 0.29) is 12.0 Å². The lowest BCUT2D eigenvalue weighted by Crippen LogP contribution is -2.11. The lowest BCUT2D eigenvalue weighted by Gasteiger charge is -2.10. The number of amides is 1. The maximum absolute atomic E-state index is 12.0. The average molecular weight is 290 g/mol. The average Bonchev–Trinajstić information content (AvgIpc) is 2.41. The molecule has 0 bridgehead atoms. The second-order valence-electron chi connectivity index (χ2n) is 4.65. The first-order valence-corrected chi connectivity index (χ1v) is 6.76. The summed E-state index contributed by atoms with van der Waals surface area (Å²) >= 11 is 5.79. The molecule has 2 rings (SSSR count). The number of hydrogen-bond donors (Lipinski definition) is 1. The second-order valence-corrected chi connectivity index (χ2v) is 5.09. The van der Waals surface area contributed by atoms with E-state index in [1.165, 1.54) is 0 Å². The van der Waals surface area contributed by atoms with Crippen LogP contribution in [-0.4, -0.2) is 12.0 Å². The summed E-state index contributed by atoms with van der Waals surface area (Å²) in [5.74, 6) is 0.615. The van der Waals surface area contributed by atoms with Crippen LogP contribution >= 0.6 is 11.6 Å². The summed E-state index contributed by atoms with van der Waals surface area (Å²) < 4.78 is 5.54. The third kappa shape index (κ3) is 4.00. The van der Waals surface area contributed by atoms with Gasteiger partial charge in [-0.1, -0.05) is 11.6 Å². The highest BCUT2D eigenvalue weighted by atomic mass is 35.5. The van der Waals surface area contributed by atoms with Gasteiger partial charge in [0.05, 0.1) is 6.10 Å². The molecule has 104 valence electrons. The summed E-state index contributed by atoms with van der Waals surface area (Å²) in [6.07, 6.45) is 0.129. The Morgan fingerprint density at radius 1 is 1.05 bits per heavy atom. The van der Waals surface area contributed by atoms with E-state index in [1.807, 2.05) is 38.1 Å². The van der Waals surface area contributed by atoms with Gasteiger partial charge in [-0.05, 0) is 62.4 Å². The molecule has 0 aliphatic carbocycles. The van der Waals surface area contributed by atoms with Crippen molar-refractivity contribution in [3.05, 3.63) is 59.1 Å². The molecular weight excluding hydrogens is 274 g/mol. The molecule has 0 saturated heterocycles. The van der Waals surface area contributed by atoms with Crippen LogP contribution < -0.4 is 10.1 Å². The fraction of sp³-hybridized carbons (Fsp3) is 0.188. The first kappa shape index (κ1) is 14.4.